The van der Waals surface area contributed by atoms with E-state index in [1.807, 2.05) is 35.1 Å². The molecule has 1 aromatic heterocycles. The van der Waals surface area contributed by atoms with Crippen LogP contribution in [0.1, 0.15) is 18.1 Å². The SMILES string of the molecule is Cc1cccc2nn(C(C)(Cc3ccccc3O)C[Si](C)(O[Si](C)(C)C)O[Si](C)(C)C)nc12. The molecule has 1 atom stereocenters. The normalized spacial score (nSPS) is 15.1. The van der Waals surface area contributed by atoms with Gasteiger partial charge in [-0.3, -0.25) is 0 Å². The molecule has 3 aromatic rings. The fourth-order valence-corrected chi connectivity index (χ4v) is 17.8. The van der Waals surface area contributed by atoms with Crippen LogP contribution in [-0.4, -0.2) is 45.3 Å². The van der Waals surface area contributed by atoms with Crippen molar-refractivity contribution >= 4 is 36.2 Å². The summed E-state index contributed by atoms with van der Waals surface area (Å²) in [6, 6.07) is 14.3. The van der Waals surface area contributed by atoms with Crippen LogP contribution >= 0.6 is 0 Å². The summed E-state index contributed by atoms with van der Waals surface area (Å²) in [7, 11) is -6.39. The smallest absolute Gasteiger partial charge is 0.316 e. The van der Waals surface area contributed by atoms with Gasteiger partial charge in [0.05, 0.1) is 5.54 Å². The first-order valence-electron chi connectivity index (χ1n) is 11.6. The standard InChI is InChI=1S/C24H39N3O3Si3/c1-19-13-12-15-21-23(19)26-27(25-21)24(2,17-20-14-10-11-16-22(20)28)18-33(9,29-31(3,4)5)30-32(6,7)8/h10-16,28H,17-18H2,1-9H3. The molecule has 33 heavy (non-hydrogen) atoms. The Kier molecular flexibility index (Phi) is 7.13. The van der Waals surface area contributed by atoms with Crippen molar-refractivity contribution in [2.75, 3.05) is 0 Å². The number of aromatic hydroxyl groups is 1. The molecule has 0 fully saturated rings. The number of nitrogens with zero attached hydrogens (tertiary/aromatic N) is 3. The van der Waals surface area contributed by atoms with E-state index in [0.29, 0.717) is 12.5 Å². The van der Waals surface area contributed by atoms with Gasteiger partial charge in [-0.2, -0.15) is 15.0 Å². The molecule has 0 aliphatic carbocycles. The molecule has 0 radical (unpaired) electrons. The van der Waals surface area contributed by atoms with Gasteiger partial charge >= 0.3 is 8.56 Å². The number of aromatic nitrogens is 3. The number of benzene rings is 2. The van der Waals surface area contributed by atoms with E-state index in [-0.39, 0.29) is 5.75 Å². The van der Waals surface area contributed by atoms with Crippen molar-refractivity contribution in [2.45, 2.75) is 77.7 Å². The molecule has 0 saturated carbocycles. The van der Waals surface area contributed by atoms with Crippen molar-refractivity contribution in [3.05, 3.63) is 53.6 Å². The van der Waals surface area contributed by atoms with Gasteiger partial charge in [0.15, 0.2) is 16.6 Å². The van der Waals surface area contributed by atoms with Crippen molar-refractivity contribution in [3.63, 3.8) is 0 Å². The Bertz CT molecular complexity index is 1110. The minimum atomic E-state index is -2.63. The number of aryl methyl sites for hydroxylation is 1. The van der Waals surface area contributed by atoms with E-state index < -0.39 is 30.7 Å². The number of hydrogen-bond acceptors (Lipinski definition) is 5. The predicted molar refractivity (Wildman–Crippen MR) is 143 cm³/mol. The maximum Gasteiger partial charge on any atom is 0.316 e. The topological polar surface area (TPSA) is 69.4 Å². The van der Waals surface area contributed by atoms with Crippen LogP contribution in [0.25, 0.3) is 11.0 Å². The lowest BCUT2D eigenvalue weighted by molar-refractivity contribution is 0.248. The summed E-state index contributed by atoms with van der Waals surface area (Å²) in [5.41, 5.74) is 3.21. The second-order valence-corrected chi connectivity index (χ2v) is 24.2. The zero-order chi connectivity index (χ0) is 24.7. The lowest BCUT2D eigenvalue weighted by Gasteiger charge is -2.43. The number of phenols is 1. The molecule has 3 rings (SSSR count). The fraction of sp³-hybridized carbons (Fsp3) is 0.500. The highest BCUT2D eigenvalue weighted by Gasteiger charge is 2.47. The number of phenolic OH excluding ortho intramolecular Hbond substituents is 1. The van der Waals surface area contributed by atoms with E-state index >= 15 is 0 Å². The lowest BCUT2D eigenvalue weighted by atomic mass is 9.94. The summed E-state index contributed by atoms with van der Waals surface area (Å²) in [4.78, 5) is 1.85. The molecule has 0 aliphatic heterocycles. The molecule has 9 heteroatoms. The largest absolute Gasteiger partial charge is 0.508 e. The van der Waals surface area contributed by atoms with Crippen LogP contribution < -0.4 is 0 Å². The molecule has 1 heterocycles. The Morgan fingerprint density at radius 1 is 0.879 bits per heavy atom. The lowest BCUT2D eigenvalue weighted by Crippen LogP contribution is -2.56. The quantitative estimate of drug-likeness (QED) is 0.355. The summed E-state index contributed by atoms with van der Waals surface area (Å²) in [6.45, 7) is 19.7. The van der Waals surface area contributed by atoms with Crippen LogP contribution in [0.2, 0.25) is 51.9 Å². The van der Waals surface area contributed by atoms with Gasteiger partial charge in [0.1, 0.15) is 16.8 Å². The highest BCUT2D eigenvalue weighted by molar-refractivity contribution is 6.87. The average molecular weight is 502 g/mol. The Labute approximate surface area is 201 Å². The second-order valence-electron chi connectivity index (χ2n) is 11.5. The molecule has 6 nitrogen and oxygen atoms in total. The van der Waals surface area contributed by atoms with Crippen molar-refractivity contribution in [2.24, 2.45) is 0 Å². The molecule has 180 valence electrons. The summed E-state index contributed by atoms with van der Waals surface area (Å²) in [6.07, 6.45) is 0.576. The highest BCUT2D eigenvalue weighted by atomic mass is 28.5. The van der Waals surface area contributed by atoms with Crippen molar-refractivity contribution < 1.29 is 13.3 Å². The molecule has 1 N–H and O–H groups in total. The van der Waals surface area contributed by atoms with Gasteiger partial charge in [0, 0.05) is 12.5 Å². The average Bonchev–Trinajstić information content (AvgIpc) is 3.06. The number of fused-ring (bicyclic) bond motifs is 1. The third-order valence-electron chi connectivity index (χ3n) is 5.41. The van der Waals surface area contributed by atoms with Gasteiger partial charge in [-0.15, -0.1) is 0 Å². The van der Waals surface area contributed by atoms with Crippen LogP contribution in [0.3, 0.4) is 0 Å². The molecule has 0 bridgehead atoms. The molecular weight excluding hydrogens is 463 g/mol. The maximum atomic E-state index is 10.6. The maximum absolute atomic E-state index is 10.6. The minimum Gasteiger partial charge on any atom is -0.508 e. The molecular formula is C24H39N3O3Si3. The van der Waals surface area contributed by atoms with E-state index in [2.05, 4.69) is 65.7 Å². The number of hydrogen-bond donors (Lipinski definition) is 1. The van der Waals surface area contributed by atoms with E-state index in [9.17, 15) is 5.11 Å². The van der Waals surface area contributed by atoms with Crippen molar-refractivity contribution in [3.8, 4) is 5.75 Å². The van der Waals surface area contributed by atoms with Gasteiger partial charge in [0.25, 0.3) is 0 Å². The molecule has 0 spiro atoms. The minimum absolute atomic E-state index is 0.289. The Hall–Kier alpha value is -1.79. The van der Waals surface area contributed by atoms with Gasteiger partial charge in [-0.1, -0.05) is 30.3 Å². The first-order valence-corrected chi connectivity index (χ1v) is 20.9. The van der Waals surface area contributed by atoms with Crippen molar-refractivity contribution in [1.82, 2.24) is 15.0 Å². The fourth-order valence-electron chi connectivity index (χ4n) is 4.67. The summed E-state index contributed by atoms with van der Waals surface area (Å²) in [5.74, 6) is 0.289. The first-order chi connectivity index (χ1) is 15.1. The van der Waals surface area contributed by atoms with Gasteiger partial charge in [0.2, 0.25) is 0 Å². The number of para-hydroxylation sites is 1. The first kappa shape index (κ1) is 25.8. The summed E-state index contributed by atoms with van der Waals surface area (Å²) in [5, 5.41) is 20.4. The van der Waals surface area contributed by atoms with E-state index in [1.54, 1.807) is 6.07 Å². The molecule has 0 saturated heterocycles. The molecule has 0 amide bonds. The molecule has 2 aromatic carbocycles. The molecule has 0 aliphatic rings. The van der Waals surface area contributed by atoms with Crippen LogP contribution in [0.4, 0.5) is 0 Å². The Balaban J connectivity index is 2.13. The second kappa shape index (κ2) is 9.10. The van der Waals surface area contributed by atoms with E-state index in [0.717, 1.165) is 22.2 Å². The zero-order valence-electron chi connectivity index (χ0n) is 21.6. The molecule has 1 unspecified atom stereocenters. The van der Waals surface area contributed by atoms with Crippen LogP contribution in [0, 0.1) is 6.92 Å². The number of rotatable bonds is 9. The zero-order valence-corrected chi connectivity index (χ0v) is 24.6. The van der Waals surface area contributed by atoms with Crippen LogP contribution in [-0.2, 0) is 20.2 Å². The van der Waals surface area contributed by atoms with Gasteiger partial charge < -0.3 is 13.3 Å². The predicted octanol–water partition coefficient (Wildman–Crippen LogP) is 6.18. The van der Waals surface area contributed by atoms with Crippen LogP contribution in [0.5, 0.6) is 5.75 Å². The van der Waals surface area contributed by atoms with Crippen molar-refractivity contribution in [1.29, 1.82) is 0 Å². The third-order valence-corrected chi connectivity index (χ3v) is 15.2. The van der Waals surface area contributed by atoms with Crippen LogP contribution in [0.15, 0.2) is 42.5 Å². The Morgan fingerprint density at radius 2 is 1.48 bits per heavy atom. The highest BCUT2D eigenvalue weighted by Crippen LogP contribution is 2.37. The van der Waals surface area contributed by atoms with E-state index in [1.165, 1.54) is 0 Å². The monoisotopic (exact) mass is 501 g/mol. The van der Waals surface area contributed by atoms with Gasteiger partial charge in [-0.05, 0) is 82.9 Å². The third kappa shape index (κ3) is 6.63. The summed E-state index contributed by atoms with van der Waals surface area (Å²) >= 11 is 0. The summed E-state index contributed by atoms with van der Waals surface area (Å²) < 4.78 is 13.7. The van der Waals surface area contributed by atoms with Gasteiger partial charge in [-0.25, -0.2) is 0 Å². The Morgan fingerprint density at radius 3 is 2.03 bits per heavy atom. The van der Waals surface area contributed by atoms with E-state index in [4.69, 9.17) is 18.4 Å².